The number of amides is 2. The third-order valence-electron chi connectivity index (χ3n) is 4.35. The second-order valence-electron chi connectivity index (χ2n) is 6.00. The van der Waals surface area contributed by atoms with Gasteiger partial charge in [-0.25, -0.2) is 9.78 Å². The van der Waals surface area contributed by atoms with Gasteiger partial charge in [0.25, 0.3) is 5.91 Å². The third-order valence-corrected chi connectivity index (χ3v) is 4.35. The zero-order valence-electron chi connectivity index (χ0n) is 14.0. The van der Waals surface area contributed by atoms with Crippen molar-refractivity contribution in [2.75, 3.05) is 26.2 Å². The predicted molar refractivity (Wildman–Crippen MR) is 94.0 cm³/mol. The van der Waals surface area contributed by atoms with E-state index in [0.717, 1.165) is 5.52 Å². The minimum absolute atomic E-state index is 0.0839. The van der Waals surface area contributed by atoms with Crippen LogP contribution in [0.5, 0.6) is 5.75 Å². The van der Waals surface area contributed by atoms with Crippen molar-refractivity contribution in [1.82, 2.24) is 14.8 Å². The molecule has 1 aliphatic rings. The summed E-state index contributed by atoms with van der Waals surface area (Å²) in [5, 5.41) is 0. The Balaban J connectivity index is 1.36. The summed E-state index contributed by atoms with van der Waals surface area (Å²) in [6, 6.07) is 14.1. The molecule has 1 fully saturated rings. The number of hydrogen-bond donors (Lipinski definition) is 0. The Kier molecular flexibility index (Phi) is 4.27. The lowest BCUT2D eigenvalue weighted by Gasteiger charge is -2.34. The molecule has 0 saturated carbocycles. The summed E-state index contributed by atoms with van der Waals surface area (Å²) in [6.07, 6.45) is 0.960. The van der Waals surface area contributed by atoms with Crippen molar-refractivity contribution < 1.29 is 18.7 Å². The number of carbonyl (C=O) groups is 2. The van der Waals surface area contributed by atoms with Gasteiger partial charge in [0, 0.05) is 31.7 Å². The summed E-state index contributed by atoms with van der Waals surface area (Å²) in [5.74, 6) is 0.427. The van der Waals surface area contributed by atoms with E-state index in [1.54, 1.807) is 40.1 Å². The van der Waals surface area contributed by atoms with E-state index < -0.39 is 6.09 Å². The highest BCUT2D eigenvalue weighted by Crippen LogP contribution is 2.17. The molecule has 1 aliphatic heterocycles. The minimum atomic E-state index is -0.397. The normalized spacial score (nSPS) is 14.5. The molecular weight excluding hydrogens is 334 g/mol. The summed E-state index contributed by atoms with van der Waals surface area (Å²) in [6.45, 7) is 1.78. The van der Waals surface area contributed by atoms with E-state index in [1.165, 1.54) is 6.39 Å². The van der Waals surface area contributed by atoms with Gasteiger partial charge in [-0.05, 0) is 30.3 Å². The number of aromatic nitrogens is 1. The Hall–Kier alpha value is -3.35. The second-order valence-corrected chi connectivity index (χ2v) is 6.00. The van der Waals surface area contributed by atoms with E-state index in [9.17, 15) is 9.59 Å². The van der Waals surface area contributed by atoms with Crippen LogP contribution in [0.2, 0.25) is 0 Å². The average Bonchev–Trinajstić information content (AvgIpc) is 3.16. The number of nitrogens with zero attached hydrogens (tertiary/aromatic N) is 3. The Labute approximate surface area is 149 Å². The van der Waals surface area contributed by atoms with Gasteiger partial charge in [0.15, 0.2) is 12.0 Å². The summed E-state index contributed by atoms with van der Waals surface area (Å²) in [5.41, 5.74) is 1.85. The number of benzene rings is 2. The molecule has 1 aromatic heterocycles. The van der Waals surface area contributed by atoms with Gasteiger partial charge in [0.2, 0.25) is 0 Å². The number of oxazole rings is 1. The van der Waals surface area contributed by atoms with Gasteiger partial charge in [0.05, 0.1) is 0 Å². The fourth-order valence-electron chi connectivity index (χ4n) is 2.92. The molecule has 3 aromatic rings. The number of rotatable bonds is 2. The van der Waals surface area contributed by atoms with Gasteiger partial charge in [0.1, 0.15) is 11.3 Å². The number of fused-ring (bicyclic) bond motifs is 1. The number of carbonyl (C=O) groups excluding carboxylic acids is 2. The molecular formula is C19H17N3O4. The molecule has 2 amide bonds. The lowest BCUT2D eigenvalue weighted by Crippen LogP contribution is -2.51. The van der Waals surface area contributed by atoms with Gasteiger partial charge < -0.3 is 19.0 Å². The molecule has 0 radical (unpaired) electrons. The van der Waals surface area contributed by atoms with E-state index >= 15 is 0 Å². The minimum Gasteiger partial charge on any atom is -0.443 e. The van der Waals surface area contributed by atoms with Crippen LogP contribution in [0.1, 0.15) is 10.4 Å². The fraction of sp³-hybridized carbons (Fsp3) is 0.211. The largest absolute Gasteiger partial charge is 0.443 e. The molecule has 1 saturated heterocycles. The van der Waals surface area contributed by atoms with E-state index in [4.69, 9.17) is 9.15 Å². The van der Waals surface area contributed by atoms with Crippen molar-refractivity contribution in [1.29, 1.82) is 0 Å². The standard InChI is InChI=1S/C19H17N3O4/c23-18(14-6-7-16-17(12-14)25-13-20-16)21-8-10-22(11-9-21)19(24)26-15-4-2-1-3-5-15/h1-7,12-13H,8-11H2. The molecule has 4 rings (SSSR count). The predicted octanol–water partition coefficient (Wildman–Crippen LogP) is 2.78. The summed E-state index contributed by atoms with van der Waals surface area (Å²) in [7, 11) is 0. The maximum absolute atomic E-state index is 12.7. The monoisotopic (exact) mass is 351 g/mol. The molecule has 0 unspecified atom stereocenters. The van der Waals surface area contributed by atoms with Gasteiger partial charge >= 0.3 is 6.09 Å². The van der Waals surface area contributed by atoms with Gasteiger partial charge in [-0.1, -0.05) is 18.2 Å². The maximum Gasteiger partial charge on any atom is 0.415 e. The molecule has 0 bridgehead atoms. The van der Waals surface area contributed by atoms with Crippen LogP contribution in [0.3, 0.4) is 0 Å². The fourth-order valence-corrected chi connectivity index (χ4v) is 2.92. The number of piperazine rings is 1. The van der Waals surface area contributed by atoms with Crippen LogP contribution in [-0.2, 0) is 0 Å². The van der Waals surface area contributed by atoms with Crippen LogP contribution in [0.4, 0.5) is 4.79 Å². The molecule has 7 nitrogen and oxygen atoms in total. The lowest BCUT2D eigenvalue weighted by molar-refractivity contribution is 0.0633. The Bertz CT molecular complexity index is 930. The van der Waals surface area contributed by atoms with Crippen LogP contribution in [0.15, 0.2) is 59.3 Å². The molecule has 26 heavy (non-hydrogen) atoms. The van der Waals surface area contributed by atoms with Crippen LogP contribution in [-0.4, -0.2) is 53.0 Å². The molecule has 0 atom stereocenters. The second kappa shape index (κ2) is 6.87. The first-order valence-corrected chi connectivity index (χ1v) is 8.35. The van der Waals surface area contributed by atoms with Crippen molar-refractivity contribution in [3.05, 3.63) is 60.5 Å². The van der Waals surface area contributed by atoms with Crippen LogP contribution < -0.4 is 4.74 Å². The van der Waals surface area contributed by atoms with Gasteiger partial charge in [-0.2, -0.15) is 0 Å². The smallest absolute Gasteiger partial charge is 0.415 e. The molecule has 2 aromatic carbocycles. The van der Waals surface area contributed by atoms with E-state index in [2.05, 4.69) is 4.98 Å². The van der Waals surface area contributed by atoms with Gasteiger partial charge in [-0.15, -0.1) is 0 Å². The Morgan fingerprint density at radius 3 is 2.46 bits per heavy atom. The number of hydrogen-bond acceptors (Lipinski definition) is 5. The van der Waals surface area contributed by atoms with Crippen molar-refractivity contribution in [3.8, 4) is 5.75 Å². The van der Waals surface area contributed by atoms with Crippen molar-refractivity contribution >= 4 is 23.1 Å². The first-order valence-electron chi connectivity index (χ1n) is 8.35. The first-order chi connectivity index (χ1) is 12.7. The maximum atomic E-state index is 12.7. The molecule has 0 spiro atoms. The Morgan fingerprint density at radius 2 is 1.69 bits per heavy atom. The van der Waals surface area contributed by atoms with E-state index in [-0.39, 0.29) is 5.91 Å². The van der Waals surface area contributed by atoms with Crippen LogP contribution >= 0.6 is 0 Å². The summed E-state index contributed by atoms with van der Waals surface area (Å²) < 4.78 is 10.6. The zero-order chi connectivity index (χ0) is 17.9. The molecule has 132 valence electrons. The van der Waals surface area contributed by atoms with Crippen molar-refractivity contribution in [2.45, 2.75) is 0 Å². The summed E-state index contributed by atoms with van der Waals surface area (Å²) in [4.78, 5) is 32.3. The SMILES string of the molecule is O=C(Oc1ccccc1)N1CCN(C(=O)c2ccc3ncoc3c2)CC1. The van der Waals surface area contributed by atoms with Gasteiger partial charge in [-0.3, -0.25) is 4.79 Å². The zero-order valence-corrected chi connectivity index (χ0v) is 14.0. The molecule has 2 heterocycles. The highest BCUT2D eigenvalue weighted by atomic mass is 16.6. The number of ether oxygens (including phenoxy) is 1. The lowest BCUT2D eigenvalue weighted by atomic mass is 10.1. The van der Waals surface area contributed by atoms with Crippen LogP contribution in [0, 0.1) is 0 Å². The van der Waals surface area contributed by atoms with Crippen molar-refractivity contribution in [2.24, 2.45) is 0 Å². The molecule has 0 N–H and O–H groups in total. The topological polar surface area (TPSA) is 75.9 Å². The van der Waals surface area contributed by atoms with E-state index in [0.29, 0.717) is 43.1 Å². The Morgan fingerprint density at radius 1 is 0.962 bits per heavy atom. The number of para-hydroxylation sites is 1. The van der Waals surface area contributed by atoms with Crippen LogP contribution in [0.25, 0.3) is 11.1 Å². The highest BCUT2D eigenvalue weighted by molar-refractivity contribution is 5.97. The quantitative estimate of drug-likeness (QED) is 0.710. The van der Waals surface area contributed by atoms with E-state index in [1.807, 2.05) is 18.2 Å². The van der Waals surface area contributed by atoms with Crippen molar-refractivity contribution in [3.63, 3.8) is 0 Å². The average molecular weight is 351 g/mol. The third kappa shape index (κ3) is 3.23. The first kappa shape index (κ1) is 16.1. The molecule has 7 heteroatoms. The molecule has 0 aliphatic carbocycles. The highest BCUT2D eigenvalue weighted by Gasteiger charge is 2.26. The summed E-state index contributed by atoms with van der Waals surface area (Å²) >= 11 is 0.